The Balaban J connectivity index is 1.80. The van der Waals surface area contributed by atoms with Crippen molar-refractivity contribution < 1.29 is 9.72 Å². The molecule has 130 valence electrons. The topological polar surface area (TPSA) is 90.4 Å². The predicted molar refractivity (Wildman–Crippen MR) is 99.0 cm³/mol. The normalized spacial score (nSPS) is 17.9. The predicted octanol–water partition coefficient (Wildman–Crippen LogP) is 1.66. The number of rotatable bonds is 2. The molecule has 8 heteroatoms. The summed E-state index contributed by atoms with van der Waals surface area (Å²) in [5.41, 5.74) is 6.63. The molecule has 1 aliphatic carbocycles. The van der Waals surface area contributed by atoms with Crippen LogP contribution in [0.4, 0.5) is 11.6 Å². The molecule has 4 heterocycles. The number of nitrogen functional groups attached to an aromatic ring is 1. The van der Waals surface area contributed by atoms with E-state index in [-0.39, 0.29) is 0 Å². The number of hydrogen-bond acceptors (Lipinski definition) is 7. The average molecular weight is 357 g/mol. The van der Waals surface area contributed by atoms with Crippen LogP contribution in [0.2, 0.25) is 0 Å². The Labute approximate surface area is 149 Å². The summed E-state index contributed by atoms with van der Waals surface area (Å²) in [6.45, 7) is 3.46. The van der Waals surface area contributed by atoms with E-state index in [1.807, 2.05) is 0 Å². The van der Waals surface area contributed by atoms with E-state index >= 15 is 0 Å². The largest absolute Gasteiger partial charge is 0.373 e. The van der Waals surface area contributed by atoms with Crippen LogP contribution in [0.1, 0.15) is 24.0 Å². The van der Waals surface area contributed by atoms with Gasteiger partial charge in [0, 0.05) is 5.56 Å². The Kier molecular flexibility index (Phi) is 3.69. The highest BCUT2D eigenvalue weighted by Crippen LogP contribution is 2.40. The van der Waals surface area contributed by atoms with E-state index < -0.39 is 0 Å². The Morgan fingerprint density at radius 3 is 2.76 bits per heavy atom. The molecule has 1 aliphatic heterocycles. The van der Waals surface area contributed by atoms with Gasteiger partial charge < -0.3 is 10.2 Å². The summed E-state index contributed by atoms with van der Waals surface area (Å²) in [6, 6.07) is 0. The number of nitrogens with zero attached hydrogens (tertiary/aromatic N) is 3. The van der Waals surface area contributed by atoms with Gasteiger partial charge in [-0.25, -0.2) is 20.8 Å². The maximum Gasteiger partial charge on any atom is 0.279 e. The van der Waals surface area contributed by atoms with Crippen LogP contribution < -0.4 is 21.2 Å². The zero-order chi connectivity index (χ0) is 16.8. The fourth-order valence-corrected chi connectivity index (χ4v) is 5.20. The summed E-state index contributed by atoms with van der Waals surface area (Å²) in [4.78, 5) is 16.2. The van der Waals surface area contributed by atoms with E-state index in [1.54, 1.807) is 17.7 Å². The highest BCUT2D eigenvalue weighted by molar-refractivity contribution is 7.25. The van der Waals surface area contributed by atoms with E-state index in [2.05, 4.69) is 25.3 Å². The highest BCUT2D eigenvalue weighted by atomic mass is 32.1. The Morgan fingerprint density at radius 2 is 1.96 bits per heavy atom. The SMILES string of the molecule is NNc1ncnc2c1sc1[nH+]c(N3CCOCC3)c3c(c12)CCCC3. The lowest BCUT2D eigenvalue weighted by molar-refractivity contribution is -0.328. The summed E-state index contributed by atoms with van der Waals surface area (Å²) in [6.07, 6.45) is 6.31. The molecule has 1 saturated heterocycles. The van der Waals surface area contributed by atoms with Gasteiger partial charge in [-0.3, -0.25) is 4.90 Å². The molecule has 0 aromatic carbocycles. The van der Waals surface area contributed by atoms with Gasteiger partial charge in [-0.05, 0) is 31.2 Å². The van der Waals surface area contributed by atoms with Gasteiger partial charge in [0.05, 0.1) is 24.1 Å². The van der Waals surface area contributed by atoms with E-state index in [0.717, 1.165) is 54.2 Å². The zero-order valence-corrected chi connectivity index (χ0v) is 14.8. The number of anilines is 2. The molecule has 0 amide bonds. The van der Waals surface area contributed by atoms with Gasteiger partial charge in [0.25, 0.3) is 5.82 Å². The number of H-pyrrole nitrogens is 1. The average Bonchev–Trinajstić information content (AvgIpc) is 3.07. The molecule has 0 atom stereocenters. The van der Waals surface area contributed by atoms with Crippen molar-refractivity contribution in [2.24, 2.45) is 5.84 Å². The number of ether oxygens (including phenoxy) is 1. The van der Waals surface area contributed by atoms with Crippen molar-refractivity contribution in [3.05, 3.63) is 17.5 Å². The van der Waals surface area contributed by atoms with E-state index in [1.165, 1.54) is 35.2 Å². The molecule has 2 aliphatic rings. The third kappa shape index (κ3) is 2.36. The van der Waals surface area contributed by atoms with Crippen molar-refractivity contribution in [1.29, 1.82) is 0 Å². The number of hydrazine groups is 1. The second kappa shape index (κ2) is 6.05. The molecule has 5 rings (SSSR count). The number of aromatic nitrogens is 3. The Hall–Kier alpha value is -2.03. The van der Waals surface area contributed by atoms with Crippen LogP contribution in [0, 0.1) is 0 Å². The highest BCUT2D eigenvalue weighted by Gasteiger charge is 2.30. The van der Waals surface area contributed by atoms with Crippen LogP contribution >= 0.6 is 11.3 Å². The molecule has 25 heavy (non-hydrogen) atoms. The minimum absolute atomic E-state index is 0.692. The number of nitrogens with one attached hydrogen (secondary N) is 2. The minimum atomic E-state index is 0.692. The summed E-state index contributed by atoms with van der Waals surface area (Å²) < 4.78 is 6.55. The third-order valence-corrected chi connectivity index (χ3v) is 6.32. The fourth-order valence-electron chi connectivity index (χ4n) is 4.06. The van der Waals surface area contributed by atoms with Gasteiger partial charge in [0.1, 0.15) is 24.1 Å². The zero-order valence-electron chi connectivity index (χ0n) is 14.0. The van der Waals surface area contributed by atoms with E-state index in [0.29, 0.717) is 5.82 Å². The fraction of sp³-hybridized carbons (Fsp3) is 0.471. The second-order valence-corrected chi connectivity index (χ2v) is 7.61. The molecule has 0 bridgehead atoms. The van der Waals surface area contributed by atoms with Gasteiger partial charge in [0.2, 0.25) is 0 Å². The van der Waals surface area contributed by atoms with Crippen molar-refractivity contribution in [1.82, 2.24) is 9.97 Å². The first kappa shape index (κ1) is 15.2. The molecule has 0 unspecified atom stereocenters. The molecule has 3 aromatic rings. The van der Waals surface area contributed by atoms with Gasteiger partial charge in [-0.2, -0.15) is 0 Å². The molecular formula is C17H21N6OS+. The van der Waals surface area contributed by atoms with Crippen molar-refractivity contribution in [2.45, 2.75) is 25.7 Å². The van der Waals surface area contributed by atoms with Gasteiger partial charge in [0.15, 0.2) is 10.6 Å². The molecule has 0 spiro atoms. The summed E-state index contributed by atoms with van der Waals surface area (Å²) in [5.74, 6) is 7.62. The van der Waals surface area contributed by atoms with Crippen LogP contribution in [0.3, 0.4) is 0 Å². The van der Waals surface area contributed by atoms with Crippen LogP contribution in [0.25, 0.3) is 20.4 Å². The maximum atomic E-state index is 5.66. The number of fused-ring (bicyclic) bond motifs is 5. The first-order valence-corrected chi connectivity index (χ1v) is 9.62. The molecular weight excluding hydrogens is 336 g/mol. The Morgan fingerprint density at radius 1 is 1.16 bits per heavy atom. The van der Waals surface area contributed by atoms with Crippen molar-refractivity contribution >= 4 is 43.4 Å². The lowest BCUT2D eigenvalue weighted by Crippen LogP contribution is -2.40. The van der Waals surface area contributed by atoms with E-state index in [9.17, 15) is 0 Å². The van der Waals surface area contributed by atoms with Crippen molar-refractivity contribution in [2.75, 3.05) is 36.6 Å². The number of thiophene rings is 1. The monoisotopic (exact) mass is 357 g/mol. The van der Waals surface area contributed by atoms with Gasteiger partial charge >= 0.3 is 0 Å². The van der Waals surface area contributed by atoms with Crippen LogP contribution in [0.15, 0.2) is 6.33 Å². The number of hydrogen-bond donors (Lipinski definition) is 2. The number of pyridine rings is 1. The first-order chi connectivity index (χ1) is 12.4. The lowest BCUT2D eigenvalue weighted by Gasteiger charge is -2.25. The third-order valence-electron chi connectivity index (χ3n) is 5.22. The molecule has 1 fully saturated rings. The smallest absolute Gasteiger partial charge is 0.279 e. The van der Waals surface area contributed by atoms with Crippen LogP contribution in [-0.2, 0) is 17.6 Å². The molecule has 4 N–H and O–H groups in total. The number of aromatic amines is 1. The number of aryl methyl sites for hydroxylation is 1. The summed E-state index contributed by atoms with van der Waals surface area (Å²) in [5, 5.41) is 1.26. The van der Waals surface area contributed by atoms with E-state index in [4.69, 9.17) is 10.6 Å². The number of nitrogens with two attached hydrogens (primary N) is 1. The standard InChI is InChI=1S/C17H20N6OS/c18-22-15-14-13(19-9-20-15)12-10-3-1-2-4-11(10)16(21-17(12)25-14)23-5-7-24-8-6-23/h9H,1-8,18H2,(H,19,20,22)/p+1. The second-order valence-electron chi connectivity index (χ2n) is 6.59. The quantitative estimate of drug-likeness (QED) is 0.535. The first-order valence-electron chi connectivity index (χ1n) is 8.80. The molecule has 7 nitrogen and oxygen atoms in total. The summed E-state index contributed by atoms with van der Waals surface area (Å²) >= 11 is 1.68. The minimum Gasteiger partial charge on any atom is -0.373 e. The van der Waals surface area contributed by atoms with Gasteiger partial charge in [-0.1, -0.05) is 11.3 Å². The van der Waals surface area contributed by atoms with Crippen molar-refractivity contribution in [3.63, 3.8) is 0 Å². The lowest BCUT2D eigenvalue weighted by atomic mass is 9.90. The molecule has 0 radical (unpaired) electrons. The summed E-state index contributed by atoms with van der Waals surface area (Å²) in [7, 11) is 0. The van der Waals surface area contributed by atoms with Crippen molar-refractivity contribution in [3.8, 4) is 0 Å². The Bertz CT molecular complexity index is 949. The van der Waals surface area contributed by atoms with Crippen LogP contribution in [-0.4, -0.2) is 36.3 Å². The van der Waals surface area contributed by atoms with Crippen LogP contribution in [0.5, 0.6) is 0 Å². The maximum absolute atomic E-state index is 5.66. The molecule has 3 aromatic heterocycles. The number of morpholine rings is 1. The van der Waals surface area contributed by atoms with Gasteiger partial charge in [-0.15, -0.1) is 0 Å². The molecule has 0 saturated carbocycles.